The summed E-state index contributed by atoms with van der Waals surface area (Å²) in [7, 11) is -3.47. The van der Waals surface area contributed by atoms with Crippen molar-refractivity contribution in [2.75, 3.05) is 18.4 Å². The fourth-order valence-corrected chi connectivity index (χ4v) is 4.49. The molecule has 0 aromatic heterocycles. The largest absolute Gasteiger partial charge is 0.326 e. The van der Waals surface area contributed by atoms with Gasteiger partial charge in [0.05, 0.1) is 0 Å². The highest BCUT2D eigenvalue weighted by atomic mass is 32.2. The Balaban J connectivity index is 1.93. The molecule has 2 rings (SSSR count). The zero-order chi connectivity index (χ0) is 18.6. The molecule has 1 saturated heterocycles. The van der Waals surface area contributed by atoms with Crippen LogP contribution in [0.4, 0.5) is 5.69 Å². The number of rotatable bonds is 6. The maximum absolute atomic E-state index is 12.5. The highest BCUT2D eigenvalue weighted by Crippen LogP contribution is 2.22. The molecular weight excluding hydrogens is 338 g/mol. The van der Waals surface area contributed by atoms with Gasteiger partial charge in [-0.05, 0) is 36.0 Å². The van der Waals surface area contributed by atoms with Crippen molar-refractivity contribution >= 4 is 21.8 Å². The van der Waals surface area contributed by atoms with Gasteiger partial charge < -0.3 is 5.32 Å². The molecule has 1 aliphatic rings. The third kappa shape index (κ3) is 5.80. The minimum absolute atomic E-state index is 0.0400. The number of hydrogen-bond acceptors (Lipinski definition) is 3. The molecule has 1 aliphatic heterocycles. The molecule has 140 valence electrons. The molecule has 0 radical (unpaired) electrons. The second kappa shape index (κ2) is 8.29. The Bertz CT molecular complexity index is 676. The standard InChI is InChI=1S/C18H29N3O3S/c1-13(2)18(22)20-17-7-5-16(6-8-17)10-19-25(23,24)21-11-14(3)9-15(4)12-21/h5-8,13-15,19H,9-12H2,1-4H3,(H,20,22)/t14-,15+. The molecule has 0 saturated carbocycles. The molecular formula is C18H29N3O3S. The third-order valence-electron chi connectivity index (χ3n) is 4.38. The van der Waals surface area contributed by atoms with Crippen molar-refractivity contribution in [3.05, 3.63) is 29.8 Å². The van der Waals surface area contributed by atoms with Crippen LogP contribution in [0.25, 0.3) is 0 Å². The smallest absolute Gasteiger partial charge is 0.279 e. The van der Waals surface area contributed by atoms with Crippen molar-refractivity contribution in [2.45, 2.75) is 40.7 Å². The van der Waals surface area contributed by atoms with Crippen molar-refractivity contribution in [3.63, 3.8) is 0 Å². The predicted octanol–water partition coefficient (Wildman–Crippen LogP) is 2.59. The first-order chi connectivity index (χ1) is 11.7. The van der Waals surface area contributed by atoms with E-state index in [1.165, 1.54) is 0 Å². The second-order valence-electron chi connectivity index (χ2n) is 7.43. The Labute approximate surface area is 151 Å². The molecule has 6 nitrogen and oxygen atoms in total. The van der Waals surface area contributed by atoms with Crippen LogP contribution in [-0.4, -0.2) is 31.7 Å². The summed E-state index contributed by atoms with van der Waals surface area (Å²) >= 11 is 0. The summed E-state index contributed by atoms with van der Waals surface area (Å²) in [5.41, 5.74) is 1.56. The van der Waals surface area contributed by atoms with Crippen LogP contribution in [-0.2, 0) is 21.5 Å². The maximum Gasteiger partial charge on any atom is 0.279 e. The van der Waals surface area contributed by atoms with Crippen molar-refractivity contribution < 1.29 is 13.2 Å². The van der Waals surface area contributed by atoms with Crippen LogP contribution in [0.15, 0.2) is 24.3 Å². The van der Waals surface area contributed by atoms with Crippen molar-refractivity contribution in [1.82, 2.24) is 9.03 Å². The summed E-state index contributed by atoms with van der Waals surface area (Å²) in [5.74, 6) is 0.635. The molecule has 0 unspecified atom stereocenters. The molecule has 1 heterocycles. The van der Waals surface area contributed by atoms with Gasteiger partial charge in [-0.15, -0.1) is 0 Å². The highest BCUT2D eigenvalue weighted by molar-refractivity contribution is 7.87. The molecule has 1 fully saturated rings. The van der Waals surface area contributed by atoms with Gasteiger partial charge in [0.15, 0.2) is 0 Å². The van der Waals surface area contributed by atoms with Gasteiger partial charge in [0.1, 0.15) is 0 Å². The molecule has 1 aromatic rings. The van der Waals surface area contributed by atoms with Gasteiger partial charge in [-0.25, -0.2) is 0 Å². The lowest BCUT2D eigenvalue weighted by atomic mass is 9.94. The van der Waals surface area contributed by atoms with Gasteiger partial charge >= 0.3 is 0 Å². The summed E-state index contributed by atoms with van der Waals surface area (Å²) in [5, 5.41) is 2.82. The van der Waals surface area contributed by atoms with E-state index in [0.29, 0.717) is 30.6 Å². The molecule has 2 N–H and O–H groups in total. The minimum Gasteiger partial charge on any atom is -0.326 e. The maximum atomic E-state index is 12.5. The van der Waals surface area contributed by atoms with Crippen molar-refractivity contribution in [3.8, 4) is 0 Å². The first kappa shape index (κ1) is 19.9. The summed E-state index contributed by atoms with van der Waals surface area (Å²) in [4.78, 5) is 11.7. The average Bonchev–Trinajstić information content (AvgIpc) is 2.53. The Morgan fingerprint density at radius 1 is 1.16 bits per heavy atom. The van der Waals surface area contributed by atoms with Crippen LogP contribution >= 0.6 is 0 Å². The lowest BCUT2D eigenvalue weighted by Crippen LogP contribution is -2.47. The summed E-state index contributed by atoms with van der Waals surface area (Å²) in [6.45, 7) is 9.21. The van der Waals surface area contributed by atoms with E-state index in [4.69, 9.17) is 0 Å². The normalized spacial score (nSPS) is 22.1. The predicted molar refractivity (Wildman–Crippen MR) is 100 cm³/mol. The molecule has 2 atom stereocenters. The van der Waals surface area contributed by atoms with Gasteiger partial charge in [-0.3, -0.25) is 4.79 Å². The van der Waals surface area contributed by atoms with Crippen LogP contribution in [0, 0.1) is 17.8 Å². The molecule has 1 aromatic carbocycles. The molecule has 25 heavy (non-hydrogen) atoms. The van der Waals surface area contributed by atoms with E-state index >= 15 is 0 Å². The van der Waals surface area contributed by atoms with Crippen LogP contribution in [0.5, 0.6) is 0 Å². The molecule has 0 bridgehead atoms. The van der Waals surface area contributed by atoms with Crippen LogP contribution in [0.2, 0.25) is 0 Å². The Hall–Kier alpha value is -1.44. The zero-order valence-electron chi connectivity index (χ0n) is 15.5. The number of hydrogen-bond donors (Lipinski definition) is 2. The monoisotopic (exact) mass is 367 g/mol. The summed E-state index contributed by atoms with van der Waals surface area (Å²) in [6.07, 6.45) is 1.07. The van der Waals surface area contributed by atoms with Gasteiger partial charge in [-0.2, -0.15) is 17.4 Å². The van der Waals surface area contributed by atoms with Gasteiger partial charge in [0, 0.05) is 31.2 Å². The van der Waals surface area contributed by atoms with Gasteiger partial charge in [0.2, 0.25) is 5.91 Å². The van der Waals surface area contributed by atoms with E-state index in [1.54, 1.807) is 16.4 Å². The number of carbonyl (C=O) groups is 1. The van der Waals surface area contributed by atoms with Gasteiger partial charge in [0.25, 0.3) is 10.2 Å². The third-order valence-corrected chi connectivity index (χ3v) is 5.87. The fraction of sp³-hybridized carbons (Fsp3) is 0.611. The van der Waals surface area contributed by atoms with E-state index < -0.39 is 10.2 Å². The lowest BCUT2D eigenvalue weighted by molar-refractivity contribution is -0.118. The van der Waals surface area contributed by atoms with Gasteiger partial charge in [-0.1, -0.05) is 39.8 Å². The van der Waals surface area contributed by atoms with E-state index in [1.807, 2.05) is 26.0 Å². The Kier molecular flexibility index (Phi) is 6.59. The van der Waals surface area contributed by atoms with E-state index in [9.17, 15) is 13.2 Å². The zero-order valence-corrected chi connectivity index (χ0v) is 16.3. The fourth-order valence-electron chi connectivity index (χ4n) is 3.06. The number of anilines is 1. The Morgan fingerprint density at radius 2 is 1.72 bits per heavy atom. The van der Waals surface area contributed by atoms with E-state index in [2.05, 4.69) is 23.9 Å². The SMILES string of the molecule is CC(C)C(=O)Nc1ccc(CNS(=O)(=O)N2C[C@H](C)C[C@H](C)C2)cc1. The Morgan fingerprint density at radius 3 is 2.24 bits per heavy atom. The number of amides is 1. The number of piperidine rings is 1. The second-order valence-corrected chi connectivity index (χ2v) is 9.19. The summed E-state index contributed by atoms with van der Waals surface area (Å²) < 4.78 is 29.2. The minimum atomic E-state index is -3.47. The quantitative estimate of drug-likeness (QED) is 0.811. The lowest BCUT2D eigenvalue weighted by Gasteiger charge is -2.33. The van der Waals surface area contributed by atoms with Crippen molar-refractivity contribution in [1.29, 1.82) is 0 Å². The number of nitrogens with one attached hydrogen (secondary N) is 2. The van der Waals surface area contributed by atoms with E-state index in [-0.39, 0.29) is 18.4 Å². The van der Waals surface area contributed by atoms with Crippen LogP contribution in [0.1, 0.15) is 39.7 Å². The molecule has 1 amide bonds. The molecule has 7 heteroatoms. The van der Waals surface area contributed by atoms with E-state index in [0.717, 1.165) is 12.0 Å². The number of nitrogens with zero attached hydrogens (tertiary/aromatic N) is 1. The highest BCUT2D eigenvalue weighted by Gasteiger charge is 2.30. The number of benzene rings is 1. The van der Waals surface area contributed by atoms with Crippen LogP contribution < -0.4 is 10.0 Å². The molecule has 0 spiro atoms. The first-order valence-corrected chi connectivity index (χ1v) is 10.3. The topological polar surface area (TPSA) is 78.5 Å². The average molecular weight is 368 g/mol. The molecule has 0 aliphatic carbocycles. The van der Waals surface area contributed by atoms with Crippen molar-refractivity contribution in [2.24, 2.45) is 17.8 Å². The first-order valence-electron chi connectivity index (χ1n) is 8.82. The number of carbonyl (C=O) groups excluding carboxylic acids is 1. The van der Waals surface area contributed by atoms with Crippen LogP contribution in [0.3, 0.4) is 0 Å². The summed E-state index contributed by atoms with van der Waals surface area (Å²) in [6, 6.07) is 7.21.